The minimum absolute atomic E-state index is 0.101. The van der Waals surface area contributed by atoms with Crippen molar-refractivity contribution in [3.8, 4) is 0 Å². The van der Waals surface area contributed by atoms with Gasteiger partial charge in [-0.2, -0.15) is 0 Å². The monoisotopic (exact) mass is 380 g/mol. The van der Waals surface area contributed by atoms with Crippen LogP contribution in [0.4, 0.5) is 11.4 Å². The summed E-state index contributed by atoms with van der Waals surface area (Å²) in [6.07, 6.45) is 0. The van der Waals surface area contributed by atoms with Crippen LogP contribution in [0.5, 0.6) is 0 Å². The van der Waals surface area contributed by atoms with Crippen LogP contribution in [0.1, 0.15) is 26.3 Å². The Balaban J connectivity index is 1.98. The third-order valence-corrected chi connectivity index (χ3v) is 4.09. The van der Waals surface area contributed by atoms with E-state index < -0.39 is 10.8 Å². The summed E-state index contributed by atoms with van der Waals surface area (Å²) in [5, 5.41) is 14.0. The maximum absolute atomic E-state index is 12.8. The Labute approximate surface area is 159 Å². The highest BCUT2D eigenvalue weighted by Gasteiger charge is 2.21. The number of carbonyl (C=O) groups excluding carboxylic acids is 2. The minimum Gasteiger partial charge on any atom is -0.321 e. The first-order valence-corrected chi connectivity index (χ1v) is 8.29. The van der Waals surface area contributed by atoms with Gasteiger partial charge in [0.15, 0.2) is 5.78 Å². The summed E-state index contributed by atoms with van der Waals surface area (Å²) < 4.78 is 0. The minimum atomic E-state index is -0.688. The van der Waals surface area contributed by atoms with Crippen LogP contribution >= 0.6 is 11.6 Å². The van der Waals surface area contributed by atoms with E-state index in [4.69, 9.17) is 11.6 Å². The summed E-state index contributed by atoms with van der Waals surface area (Å²) >= 11 is 6.01. The molecule has 0 atom stereocenters. The van der Waals surface area contributed by atoms with Gasteiger partial charge >= 0.3 is 0 Å². The molecule has 0 spiro atoms. The molecule has 0 radical (unpaired) electrons. The number of halogens is 1. The Morgan fingerprint density at radius 2 is 1.56 bits per heavy atom. The van der Waals surface area contributed by atoms with Crippen molar-refractivity contribution < 1.29 is 14.5 Å². The molecule has 0 aromatic heterocycles. The van der Waals surface area contributed by atoms with Crippen LogP contribution in [0.3, 0.4) is 0 Å². The zero-order valence-electron chi connectivity index (χ0n) is 13.9. The van der Waals surface area contributed by atoms with Gasteiger partial charge in [-0.15, -0.1) is 0 Å². The molecule has 1 N–H and O–H groups in total. The van der Waals surface area contributed by atoms with E-state index in [1.54, 1.807) is 30.3 Å². The van der Waals surface area contributed by atoms with E-state index in [9.17, 15) is 19.7 Å². The number of anilines is 1. The van der Waals surface area contributed by atoms with Crippen LogP contribution in [-0.2, 0) is 0 Å². The first kappa shape index (κ1) is 18.3. The lowest BCUT2D eigenvalue weighted by Crippen LogP contribution is -2.16. The van der Waals surface area contributed by atoms with Crippen molar-refractivity contribution in [2.45, 2.75) is 0 Å². The van der Waals surface area contributed by atoms with Gasteiger partial charge in [-0.1, -0.05) is 54.1 Å². The number of hydrogen-bond donors (Lipinski definition) is 1. The Morgan fingerprint density at radius 1 is 0.889 bits per heavy atom. The molecule has 1 amide bonds. The van der Waals surface area contributed by atoms with Gasteiger partial charge in [0.1, 0.15) is 5.56 Å². The van der Waals surface area contributed by atoms with Gasteiger partial charge in [0.2, 0.25) is 0 Å². The van der Waals surface area contributed by atoms with E-state index in [1.807, 2.05) is 0 Å². The van der Waals surface area contributed by atoms with E-state index in [2.05, 4.69) is 5.32 Å². The number of nitro groups is 1. The van der Waals surface area contributed by atoms with Crippen LogP contribution in [0.2, 0.25) is 5.02 Å². The van der Waals surface area contributed by atoms with Crippen molar-refractivity contribution in [2.24, 2.45) is 0 Å². The Hall–Kier alpha value is -3.51. The van der Waals surface area contributed by atoms with Crippen LogP contribution in [0, 0.1) is 10.1 Å². The first-order valence-electron chi connectivity index (χ1n) is 7.91. The highest BCUT2D eigenvalue weighted by molar-refractivity contribution is 6.31. The number of nitrogens with zero attached hydrogens (tertiary/aromatic N) is 1. The third kappa shape index (κ3) is 4.02. The standard InChI is InChI=1S/C20H13ClN2O4/c21-14-10-11-17(16(12-14)19(24)13-6-2-1-3-7-13)22-20(25)15-8-4-5-9-18(15)23(26)27/h1-12H,(H,22,25). The molecule has 134 valence electrons. The fraction of sp³-hybridized carbons (Fsp3) is 0. The SMILES string of the molecule is O=C(c1ccccc1)c1cc(Cl)ccc1NC(=O)c1ccccc1[N+](=O)[O-]. The summed E-state index contributed by atoms with van der Waals surface area (Å²) in [7, 11) is 0. The largest absolute Gasteiger partial charge is 0.321 e. The number of hydrogen-bond acceptors (Lipinski definition) is 4. The van der Waals surface area contributed by atoms with E-state index in [0.717, 1.165) is 0 Å². The van der Waals surface area contributed by atoms with Crippen LogP contribution in [0.25, 0.3) is 0 Å². The molecule has 0 saturated carbocycles. The highest BCUT2D eigenvalue weighted by Crippen LogP contribution is 2.26. The van der Waals surface area contributed by atoms with Gasteiger partial charge in [-0.3, -0.25) is 19.7 Å². The molecule has 0 aliphatic rings. The average molecular weight is 381 g/mol. The summed E-state index contributed by atoms with van der Waals surface area (Å²) in [6.45, 7) is 0. The number of nitro benzene ring substituents is 1. The van der Waals surface area contributed by atoms with Gasteiger partial charge in [-0.25, -0.2) is 0 Å². The summed E-state index contributed by atoms with van der Waals surface area (Å²) in [5.41, 5.74) is 0.424. The summed E-state index contributed by atoms with van der Waals surface area (Å²) in [5.74, 6) is -1.01. The number of para-hydroxylation sites is 1. The van der Waals surface area contributed by atoms with Gasteiger partial charge < -0.3 is 5.32 Å². The molecule has 6 nitrogen and oxygen atoms in total. The van der Waals surface area contributed by atoms with Gasteiger partial charge in [0, 0.05) is 22.2 Å². The van der Waals surface area contributed by atoms with E-state index >= 15 is 0 Å². The molecule has 27 heavy (non-hydrogen) atoms. The first-order chi connectivity index (χ1) is 13.0. The highest BCUT2D eigenvalue weighted by atomic mass is 35.5. The smallest absolute Gasteiger partial charge is 0.282 e. The van der Waals surface area contributed by atoms with Crippen molar-refractivity contribution in [2.75, 3.05) is 5.32 Å². The normalized spacial score (nSPS) is 10.3. The maximum Gasteiger partial charge on any atom is 0.282 e. The second-order valence-corrected chi connectivity index (χ2v) is 6.05. The average Bonchev–Trinajstić information content (AvgIpc) is 2.69. The number of carbonyl (C=O) groups is 2. The lowest BCUT2D eigenvalue weighted by Gasteiger charge is -2.11. The molecule has 0 aliphatic heterocycles. The fourth-order valence-corrected chi connectivity index (χ4v) is 2.74. The Morgan fingerprint density at radius 3 is 2.26 bits per heavy atom. The second-order valence-electron chi connectivity index (χ2n) is 5.61. The van der Waals surface area contributed by atoms with Gasteiger partial charge in [0.05, 0.1) is 10.6 Å². The molecule has 3 aromatic rings. The molecule has 0 aliphatic carbocycles. The van der Waals surface area contributed by atoms with Gasteiger partial charge in [-0.05, 0) is 24.3 Å². The van der Waals surface area contributed by atoms with Crippen LogP contribution < -0.4 is 5.32 Å². The number of amides is 1. The molecule has 3 aromatic carbocycles. The molecule has 0 saturated heterocycles. The van der Waals surface area contributed by atoms with E-state index in [0.29, 0.717) is 10.6 Å². The lowest BCUT2D eigenvalue weighted by atomic mass is 10.0. The molecule has 3 rings (SSSR count). The molecule has 0 fully saturated rings. The Kier molecular flexibility index (Phi) is 5.28. The molecule has 7 heteroatoms. The predicted octanol–water partition coefficient (Wildman–Crippen LogP) is 4.73. The maximum atomic E-state index is 12.8. The zero-order valence-corrected chi connectivity index (χ0v) is 14.6. The predicted molar refractivity (Wildman–Crippen MR) is 102 cm³/mol. The van der Waals surface area contributed by atoms with Gasteiger partial charge in [0.25, 0.3) is 11.6 Å². The molecular formula is C20H13ClN2O4. The van der Waals surface area contributed by atoms with Crippen molar-refractivity contribution in [3.63, 3.8) is 0 Å². The lowest BCUT2D eigenvalue weighted by molar-refractivity contribution is -0.385. The zero-order chi connectivity index (χ0) is 19.4. The molecule has 0 bridgehead atoms. The molecule has 0 unspecified atom stereocenters. The quantitative estimate of drug-likeness (QED) is 0.393. The fourth-order valence-electron chi connectivity index (χ4n) is 2.57. The summed E-state index contributed by atoms with van der Waals surface area (Å²) in [4.78, 5) is 35.9. The van der Waals surface area contributed by atoms with E-state index in [1.165, 1.54) is 42.5 Å². The van der Waals surface area contributed by atoms with Crippen molar-refractivity contribution in [1.82, 2.24) is 0 Å². The van der Waals surface area contributed by atoms with Crippen molar-refractivity contribution in [3.05, 3.63) is 105 Å². The second kappa shape index (κ2) is 7.80. The van der Waals surface area contributed by atoms with E-state index in [-0.39, 0.29) is 28.3 Å². The molecular weight excluding hydrogens is 368 g/mol. The summed E-state index contributed by atoms with van der Waals surface area (Å²) in [6, 6.07) is 18.6. The van der Waals surface area contributed by atoms with Crippen LogP contribution in [-0.4, -0.2) is 16.6 Å². The number of ketones is 1. The Bertz CT molecular complexity index is 1040. The molecule has 0 heterocycles. The van der Waals surface area contributed by atoms with Crippen molar-refractivity contribution >= 4 is 34.7 Å². The third-order valence-electron chi connectivity index (χ3n) is 3.86. The number of benzene rings is 3. The number of nitrogens with one attached hydrogen (secondary N) is 1. The topological polar surface area (TPSA) is 89.3 Å². The van der Waals surface area contributed by atoms with Crippen molar-refractivity contribution in [1.29, 1.82) is 0 Å². The number of rotatable bonds is 5. The van der Waals surface area contributed by atoms with Crippen LogP contribution in [0.15, 0.2) is 72.8 Å².